The Bertz CT molecular complexity index is 1180. The molecule has 4 aliphatic carbocycles. The van der Waals surface area contributed by atoms with Crippen molar-refractivity contribution in [3.05, 3.63) is 80.9 Å². The van der Waals surface area contributed by atoms with Gasteiger partial charge in [0.2, 0.25) is 0 Å². The number of allylic oxidation sites excluding steroid dienone is 2. The van der Waals surface area contributed by atoms with E-state index in [1.165, 1.54) is 36.8 Å². The summed E-state index contributed by atoms with van der Waals surface area (Å²) in [6.45, 7) is 19.7. The summed E-state index contributed by atoms with van der Waals surface area (Å²) in [4.78, 5) is 0. The zero-order valence-electron chi connectivity index (χ0n) is 23.1. The number of benzene rings is 2. The van der Waals surface area contributed by atoms with Crippen LogP contribution in [0.15, 0.2) is 36.4 Å². The van der Waals surface area contributed by atoms with E-state index in [4.69, 9.17) is 0 Å². The summed E-state index contributed by atoms with van der Waals surface area (Å²) >= 11 is -0.758. The molecule has 0 fully saturated rings. The molecule has 0 amide bonds. The van der Waals surface area contributed by atoms with Gasteiger partial charge in [0.15, 0.2) is 0 Å². The molecule has 182 valence electrons. The van der Waals surface area contributed by atoms with E-state index in [9.17, 15) is 0 Å². The summed E-state index contributed by atoms with van der Waals surface area (Å²) in [5.74, 6) is 0. The molecule has 2 aromatic rings. The second kappa shape index (κ2) is 7.66. The molecular formula is C34H42Zr. The van der Waals surface area contributed by atoms with Gasteiger partial charge in [-0.25, -0.2) is 0 Å². The van der Waals surface area contributed by atoms with Gasteiger partial charge in [0.1, 0.15) is 0 Å². The molecule has 2 unspecified atom stereocenters. The van der Waals surface area contributed by atoms with Crippen LogP contribution in [0.25, 0.3) is 12.2 Å². The van der Waals surface area contributed by atoms with Gasteiger partial charge >= 0.3 is 226 Å². The maximum atomic E-state index is 2.65. The summed E-state index contributed by atoms with van der Waals surface area (Å²) in [6, 6.07) is 10.4. The van der Waals surface area contributed by atoms with Crippen molar-refractivity contribution in [2.45, 2.75) is 110 Å². The van der Waals surface area contributed by atoms with Crippen LogP contribution in [0.4, 0.5) is 0 Å². The van der Waals surface area contributed by atoms with Crippen molar-refractivity contribution < 1.29 is 23.2 Å². The van der Waals surface area contributed by atoms with Gasteiger partial charge < -0.3 is 0 Å². The van der Waals surface area contributed by atoms with Gasteiger partial charge in [-0.1, -0.05) is 0 Å². The Morgan fingerprint density at radius 1 is 0.514 bits per heavy atom. The van der Waals surface area contributed by atoms with Crippen LogP contribution in [0.2, 0.25) is 0 Å². The average Bonchev–Trinajstić information content (AvgIpc) is 3.37. The van der Waals surface area contributed by atoms with Gasteiger partial charge in [0, 0.05) is 0 Å². The molecule has 2 aromatic carbocycles. The molecule has 0 radical (unpaired) electrons. The summed E-state index contributed by atoms with van der Waals surface area (Å²) in [7, 11) is 0. The Hall–Kier alpha value is -1.20. The first-order valence-electron chi connectivity index (χ1n) is 13.8. The van der Waals surface area contributed by atoms with Crippen LogP contribution < -0.4 is 0 Å². The second-order valence-electron chi connectivity index (χ2n) is 14.4. The van der Waals surface area contributed by atoms with Crippen LogP contribution in [-0.4, -0.2) is 0 Å². The van der Waals surface area contributed by atoms with E-state index >= 15 is 0 Å². The fourth-order valence-corrected chi connectivity index (χ4v) is 11.3. The molecule has 4 aliphatic rings. The van der Waals surface area contributed by atoms with Crippen molar-refractivity contribution in [1.82, 2.24) is 0 Å². The van der Waals surface area contributed by atoms with Gasteiger partial charge in [0.05, 0.1) is 0 Å². The molecule has 0 heterocycles. The molecule has 0 aromatic heterocycles. The molecule has 0 N–H and O–H groups in total. The number of rotatable bonds is 2. The number of hydrogen-bond acceptors (Lipinski definition) is 0. The Kier molecular flexibility index (Phi) is 5.29. The fourth-order valence-electron chi connectivity index (χ4n) is 7.21. The molecule has 0 bridgehead atoms. The Balaban J connectivity index is 1.35. The average molecular weight is 542 g/mol. The predicted octanol–water partition coefficient (Wildman–Crippen LogP) is 9.30. The molecule has 6 rings (SSSR count). The summed E-state index contributed by atoms with van der Waals surface area (Å²) in [6.07, 6.45) is 15.2. The molecule has 0 saturated heterocycles. The van der Waals surface area contributed by atoms with Gasteiger partial charge in [-0.3, -0.25) is 0 Å². The minimum atomic E-state index is -0.758. The predicted molar refractivity (Wildman–Crippen MR) is 147 cm³/mol. The number of fused-ring (bicyclic) bond motifs is 4. The number of hydrogen-bond donors (Lipinski definition) is 0. The van der Waals surface area contributed by atoms with Crippen molar-refractivity contribution in [3.8, 4) is 0 Å². The standard InChI is InChI=1S/2C17H21.Zr/c2*1-16(2)8-9-17(3,4)15-11-13-7-5-6-12(13)10-14(15)16;/h2*5-7,10-11H,8-9H2,1-4H3;. The van der Waals surface area contributed by atoms with Crippen LogP contribution in [0.3, 0.4) is 0 Å². The zero-order valence-corrected chi connectivity index (χ0v) is 25.6. The third kappa shape index (κ3) is 3.77. The first-order chi connectivity index (χ1) is 16.3. The fraction of sp³-hybridized carbons (Fsp3) is 0.529. The molecule has 35 heavy (non-hydrogen) atoms. The van der Waals surface area contributed by atoms with E-state index in [2.05, 4.69) is 104 Å². The van der Waals surface area contributed by atoms with E-state index in [0.717, 1.165) is 0 Å². The first kappa shape index (κ1) is 24.2. The normalized spacial score (nSPS) is 27.7. The first-order valence-corrected chi connectivity index (χ1v) is 16.6. The molecule has 0 saturated carbocycles. The second-order valence-corrected chi connectivity index (χ2v) is 18.3. The summed E-state index contributed by atoms with van der Waals surface area (Å²) in [5.41, 5.74) is 13.9. The Morgan fingerprint density at radius 3 is 1.17 bits per heavy atom. The van der Waals surface area contributed by atoms with Crippen molar-refractivity contribution in [2.75, 3.05) is 0 Å². The SMILES string of the molecule is CC1(C)CCC(C)(C)c2cc3c(cc21)C=C[CH]3[Zr][CH]1C=Cc2cc3c(cc21)C(C)(C)CCC3(C)C. The van der Waals surface area contributed by atoms with E-state index in [0.29, 0.717) is 18.1 Å². The van der Waals surface area contributed by atoms with Crippen LogP contribution in [0.1, 0.15) is 133 Å². The third-order valence-corrected chi connectivity index (χ3v) is 14.3. The molecule has 0 aliphatic heterocycles. The monoisotopic (exact) mass is 540 g/mol. The van der Waals surface area contributed by atoms with E-state index in [-0.39, 0.29) is 10.8 Å². The topological polar surface area (TPSA) is 0 Å². The minimum absolute atomic E-state index is 0.287. The molecule has 1 heteroatoms. The van der Waals surface area contributed by atoms with Crippen molar-refractivity contribution in [1.29, 1.82) is 0 Å². The zero-order chi connectivity index (χ0) is 25.0. The summed E-state index contributed by atoms with van der Waals surface area (Å²) in [5, 5.41) is 0. The van der Waals surface area contributed by atoms with Crippen molar-refractivity contribution in [3.63, 3.8) is 0 Å². The van der Waals surface area contributed by atoms with Crippen molar-refractivity contribution >= 4 is 12.2 Å². The molecule has 2 atom stereocenters. The van der Waals surface area contributed by atoms with Crippen molar-refractivity contribution in [2.24, 2.45) is 0 Å². The van der Waals surface area contributed by atoms with E-state index in [1.807, 2.05) is 0 Å². The van der Waals surface area contributed by atoms with E-state index < -0.39 is 23.2 Å². The quantitative estimate of drug-likeness (QED) is 0.355. The van der Waals surface area contributed by atoms with Gasteiger partial charge in [-0.2, -0.15) is 0 Å². The Labute approximate surface area is 225 Å². The van der Waals surface area contributed by atoms with Gasteiger partial charge in [0.25, 0.3) is 0 Å². The molecule has 0 nitrogen and oxygen atoms in total. The maximum absolute atomic E-state index is 2.65. The third-order valence-electron chi connectivity index (χ3n) is 10.1. The van der Waals surface area contributed by atoms with Gasteiger partial charge in [-0.05, 0) is 0 Å². The Morgan fingerprint density at radius 2 is 0.829 bits per heavy atom. The van der Waals surface area contributed by atoms with Crippen LogP contribution >= 0.6 is 0 Å². The summed E-state index contributed by atoms with van der Waals surface area (Å²) < 4.78 is 1.36. The van der Waals surface area contributed by atoms with Crippen LogP contribution in [0, 0.1) is 0 Å². The van der Waals surface area contributed by atoms with Gasteiger partial charge in [-0.15, -0.1) is 0 Å². The van der Waals surface area contributed by atoms with Crippen LogP contribution in [0.5, 0.6) is 0 Å². The van der Waals surface area contributed by atoms with Crippen LogP contribution in [-0.2, 0) is 44.9 Å². The molecular weight excluding hydrogens is 500 g/mol. The molecule has 0 spiro atoms. The van der Waals surface area contributed by atoms with E-state index in [1.54, 1.807) is 33.4 Å².